The molecule has 6 nitrogen and oxygen atoms in total. The molecule has 2 rings (SSSR count). The van der Waals surface area contributed by atoms with E-state index in [1.807, 2.05) is 0 Å². The number of nitrogens with zero attached hydrogens (tertiary/aromatic N) is 1. The third kappa shape index (κ3) is 3.92. The number of methoxy groups -OCH3 is 1. The number of nitro benzene ring substituents is 1. The highest BCUT2D eigenvalue weighted by atomic mass is 16.6. The first kappa shape index (κ1) is 15.2. The Bertz CT molecular complexity index is 691. The summed E-state index contributed by atoms with van der Waals surface area (Å²) < 4.78 is 5.02. The Labute approximate surface area is 127 Å². The molecule has 0 aliphatic rings. The largest absolute Gasteiger partial charge is 0.497 e. The second kappa shape index (κ2) is 7.03. The number of carbonyl (C=O) groups excluding carboxylic acids is 1. The first-order chi connectivity index (χ1) is 10.6. The van der Waals surface area contributed by atoms with Crippen molar-refractivity contribution in [3.05, 3.63) is 76.5 Å². The maximum Gasteiger partial charge on any atom is 0.269 e. The number of ether oxygens (including phenoxy) is 1. The third-order valence-electron chi connectivity index (χ3n) is 2.94. The zero-order valence-corrected chi connectivity index (χ0v) is 11.9. The van der Waals surface area contributed by atoms with Gasteiger partial charge in [-0.05, 0) is 36.4 Å². The molecule has 0 heterocycles. The summed E-state index contributed by atoms with van der Waals surface area (Å²) in [6.45, 7) is 0. The summed E-state index contributed by atoms with van der Waals surface area (Å²) in [7, 11) is 1.56. The van der Waals surface area contributed by atoms with E-state index in [1.54, 1.807) is 43.5 Å². The highest BCUT2D eigenvalue weighted by Gasteiger charge is 2.03. The number of nitro groups is 1. The number of carbonyl (C=O) groups is 1. The normalized spacial score (nSPS) is 10.4. The van der Waals surface area contributed by atoms with Crippen molar-refractivity contribution in [1.82, 2.24) is 0 Å². The van der Waals surface area contributed by atoms with Crippen LogP contribution in [0.2, 0.25) is 0 Å². The molecule has 0 bridgehead atoms. The lowest BCUT2D eigenvalue weighted by Crippen LogP contribution is -1.96. The molecule has 0 unspecified atom stereocenters. The Kier molecular flexibility index (Phi) is 4.87. The van der Waals surface area contributed by atoms with Gasteiger partial charge in [-0.15, -0.1) is 0 Å². The van der Waals surface area contributed by atoms with Gasteiger partial charge in [0.15, 0.2) is 5.78 Å². The van der Waals surface area contributed by atoms with Crippen LogP contribution in [0.4, 0.5) is 11.4 Å². The number of nitrogens with one attached hydrogen (secondary N) is 1. The number of benzene rings is 2. The van der Waals surface area contributed by atoms with Crippen molar-refractivity contribution in [3.63, 3.8) is 0 Å². The Morgan fingerprint density at radius 2 is 1.77 bits per heavy atom. The molecule has 0 atom stereocenters. The molecule has 0 saturated carbocycles. The van der Waals surface area contributed by atoms with E-state index in [2.05, 4.69) is 5.32 Å². The highest BCUT2D eigenvalue weighted by molar-refractivity contribution is 6.04. The minimum Gasteiger partial charge on any atom is -0.497 e. The maximum absolute atomic E-state index is 11.9. The molecule has 0 aromatic heterocycles. The zero-order valence-electron chi connectivity index (χ0n) is 11.9. The smallest absolute Gasteiger partial charge is 0.269 e. The van der Waals surface area contributed by atoms with Gasteiger partial charge in [-0.2, -0.15) is 0 Å². The van der Waals surface area contributed by atoms with Crippen molar-refractivity contribution in [3.8, 4) is 5.75 Å². The van der Waals surface area contributed by atoms with Gasteiger partial charge in [-0.3, -0.25) is 14.9 Å². The summed E-state index contributed by atoms with van der Waals surface area (Å²) in [5.74, 6) is 0.529. The Balaban J connectivity index is 1.96. The van der Waals surface area contributed by atoms with Gasteiger partial charge in [0.2, 0.25) is 0 Å². The average molecular weight is 298 g/mol. The summed E-state index contributed by atoms with van der Waals surface area (Å²) in [6, 6.07) is 12.7. The number of allylic oxidation sites excluding steroid dienone is 1. The van der Waals surface area contributed by atoms with Gasteiger partial charge in [0.1, 0.15) is 5.75 Å². The molecule has 0 saturated heterocycles. The Morgan fingerprint density at radius 1 is 1.14 bits per heavy atom. The molecule has 6 heteroatoms. The van der Waals surface area contributed by atoms with Crippen molar-refractivity contribution in [1.29, 1.82) is 0 Å². The average Bonchev–Trinajstić information content (AvgIpc) is 2.55. The van der Waals surface area contributed by atoms with Crippen molar-refractivity contribution in [2.75, 3.05) is 12.4 Å². The zero-order chi connectivity index (χ0) is 15.9. The molecular weight excluding hydrogens is 284 g/mol. The van der Waals surface area contributed by atoms with Crippen LogP contribution in [-0.4, -0.2) is 17.8 Å². The van der Waals surface area contributed by atoms with Gasteiger partial charge in [0.05, 0.1) is 12.0 Å². The second-order valence-corrected chi connectivity index (χ2v) is 4.37. The van der Waals surface area contributed by atoms with Crippen LogP contribution in [-0.2, 0) is 0 Å². The molecule has 2 aromatic rings. The van der Waals surface area contributed by atoms with Crippen LogP contribution in [0.1, 0.15) is 10.4 Å². The van der Waals surface area contributed by atoms with E-state index in [-0.39, 0.29) is 11.5 Å². The lowest BCUT2D eigenvalue weighted by molar-refractivity contribution is -0.384. The number of non-ortho nitro benzene ring substituents is 1. The van der Waals surface area contributed by atoms with Crippen molar-refractivity contribution in [2.45, 2.75) is 0 Å². The fourth-order valence-corrected chi connectivity index (χ4v) is 1.74. The standard InChI is InChI=1S/C16H14N2O4/c1-22-15-8-2-12(3-9-15)16(19)10-11-17-13-4-6-14(7-5-13)18(20)21/h2-11,17H,1H3/b11-10-. The lowest BCUT2D eigenvalue weighted by Gasteiger charge is -2.01. The summed E-state index contributed by atoms with van der Waals surface area (Å²) in [5.41, 5.74) is 1.22. The van der Waals surface area contributed by atoms with E-state index in [9.17, 15) is 14.9 Å². The van der Waals surface area contributed by atoms with Crippen LogP contribution in [0.25, 0.3) is 0 Å². The summed E-state index contributed by atoms with van der Waals surface area (Å²) >= 11 is 0. The van der Waals surface area contributed by atoms with Crippen LogP contribution < -0.4 is 10.1 Å². The van der Waals surface area contributed by atoms with Gasteiger partial charge < -0.3 is 10.1 Å². The van der Waals surface area contributed by atoms with Crippen LogP contribution in [0.5, 0.6) is 5.75 Å². The number of anilines is 1. The molecule has 1 N–H and O–H groups in total. The minimum absolute atomic E-state index is 0.0174. The second-order valence-electron chi connectivity index (χ2n) is 4.37. The molecule has 0 aliphatic heterocycles. The lowest BCUT2D eigenvalue weighted by atomic mass is 10.1. The Hall–Kier alpha value is -3.15. The maximum atomic E-state index is 11.9. The third-order valence-corrected chi connectivity index (χ3v) is 2.94. The first-order valence-corrected chi connectivity index (χ1v) is 6.46. The Morgan fingerprint density at radius 3 is 2.32 bits per heavy atom. The molecule has 0 spiro atoms. The minimum atomic E-state index is -0.465. The molecule has 0 radical (unpaired) electrons. The van der Waals surface area contributed by atoms with E-state index in [0.717, 1.165) is 0 Å². The first-order valence-electron chi connectivity index (χ1n) is 6.46. The predicted molar refractivity (Wildman–Crippen MR) is 83.2 cm³/mol. The van der Waals surface area contributed by atoms with E-state index in [1.165, 1.54) is 24.4 Å². The predicted octanol–water partition coefficient (Wildman–Crippen LogP) is 3.41. The van der Waals surface area contributed by atoms with Crippen molar-refractivity contribution < 1.29 is 14.5 Å². The molecule has 0 amide bonds. The van der Waals surface area contributed by atoms with Crippen molar-refractivity contribution in [2.24, 2.45) is 0 Å². The summed E-state index contributed by atoms with van der Waals surface area (Å²) in [5, 5.41) is 13.4. The number of ketones is 1. The molecule has 22 heavy (non-hydrogen) atoms. The number of rotatable bonds is 6. The van der Waals surface area contributed by atoms with Gasteiger partial charge in [0, 0.05) is 35.7 Å². The van der Waals surface area contributed by atoms with Gasteiger partial charge in [0.25, 0.3) is 5.69 Å². The van der Waals surface area contributed by atoms with Gasteiger partial charge in [-0.25, -0.2) is 0 Å². The quantitative estimate of drug-likeness (QED) is 0.382. The fourth-order valence-electron chi connectivity index (χ4n) is 1.74. The molecule has 0 aliphatic carbocycles. The SMILES string of the molecule is COc1ccc(C(=O)/C=C\Nc2ccc([N+](=O)[O-])cc2)cc1. The molecule has 112 valence electrons. The van der Waals surface area contributed by atoms with Crippen molar-refractivity contribution >= 4 is 17.2 Å². The molecule has 0 fully saturated rings. The van der Waals surface area contributed by atoms with Crippen LogP contribution in [0.15, 0.2) is 60.8 Å². The van der Waals surface area contributed by atoms with Crippen LogP contribution in [0.3, 0.4) is 0 Å². The molecular formula is C16H14N2O4. The van der Waals surface area contributed by atoms with E-state index >= 15 is 0 Å². The van der Waals surface area contributed by atoms with Crippen LogP contribution >= 0.6 is 0 Å². The molecule has 2 aromatic carbocycles. The van der Waals surface area contributed by atoms with E-state index < -0.39 is 4.92 Å². The summed E-state index contributed by atoms with van der Waals surface area (Å²) in [4.78, 5) is 22.0. The van der Waals surface area contributed by atoms with Gasteiger partial charge >= 0.3 is 0 Å². The van der Waals surface area contributed by atoms with Gasteiger partial charge in [-0.1, -0.05) is 0 Å². The number of hydrogen-bond donors (Lipinski definition) is 1. The van der Waals surface area contributed by atoms with Crippen LogP contribution in [0, 0.1) is 10.1 Å². The highest BCUT2D eigenvalue weighted by Crippen LogP contribution is 2.15. The van der Waals surface area contributed by atoms with E-state index in [4.69, 9.17) is 4.74 Å². The summed E-state index contributed by atoms with van der Waals surface area (Å²) in [6.07, 6.45) is 2.89. The van der Waals surface area contributed by atoms with E-state index in [0.29, 0.717) is 17.0 Å². The fraction of sp³-hybridized carbons (Fsp3) is 0.0625. The topological polar surface area (TPSA) is 81.5 Å². The monoisotopic (exact) mass is 298 g/mol. The number of hydrogen-bond acceptors (Lipinski definition) is 5.